The maximum absolute atomic E-state index is 13.7. The molecule has 0 spiro atoms. The molecule has 0 bridgehead atoms. The van der Waals surface area contributed by atoms with Gasteiger partial charge in [-0.1, -0.05) is 17.9 Å². The van der Waals surface area contributed by atoms with Gasteiger partial charge in [-0.2, -0.15) is 8.62 Å². The molecule has 1 aliphatic carbocycles. The highest BCUT2D eigenvalue weighted by molar-refractivity contribution is 7.66. The van der Waals surface area contributed by atoms with Gasteiger partial charge in [-0.3, -0.25) is 24.2 Å². The van der Waals surface area contributed by atoms with Crippen molar-refractivity contribution in [1.29, 1.82) is 0 Å². The molecule has 3 aliphatic rings. The monoisotopic (exact) mass is 1170 g/mol. The number of alkyl carbamates (subject to hydrolysis) is 1. The lowest BCUT2D eigenvalue weighted by molar-refractivity contribution is -0.386. The zero-order valence-corrected chi connectivity index (χ0v) is 43.9. The molecule has 1 saturated heterocycles. The van der Waals surface area contributed by atoms with Crippen molar-refractivity contribution in [3.8, 4) is 40.0 Å². The Kier molecular flexibility index (Phi) is 17.3. The van der Waals surface area contributed by atoms with E-state index in [0.29, 0.717) is 22.1 Å². The van der Waals surface area contributed by atoms with Crippen LogP contribution in [-0.4, -0.2) is 106 Å². The summed E-state index contributed by atoms with van der Waals surface area (Å²) in [5.41, 5.74) is 6.85. The van der Waals surface area contributed by atoms with E-state index < -0.39 is 88.6 Å². The van der Waals surface area contributed by atoms with Gasteiger partial charge in [0.2, 0.25) is 0 Å². The van der Waals surface area contributed by atoms with Crippen LogP contribution in [0, 0.1) is 22.0 Å². The quantitative estimate of drug-likeness (QED) is 0.0112. The predicted molar refractivity (Wildman–Crippen MR) is 274 cm³/mol. The molecular formula is C47H44N7O23P3. The summed E-state index contributed by atoms with van der Waals surface area (Å²) in [6.45, 7) is -0.318. The number of carboxylic acid groups (broad SMARTS) is 1. The number of rotatable bonds is 20. The molecule has 10 N–H and O–H groups in total. The van der Waals surface area contributed by atoms with Crippen LogP contribution in [0.5, 0.6) is 5.75 Å². The molecule has 0 radical (unpaired) electrons. The third-order valence-corrected chi connectivity index (χ3v) is 15.6. The second-order valence-electron chi connectivity index (χ2n) is 17.2. The first-order chi connectivity index (χ1) is 37.8. The molecule has 33 heteroatoms. The fourth-order valence-corrected chi connectivity index (χ4v) is 11.5. The average Bonchev–Trinajstić information content (AvgIpc) is 4.14. The number of phosphoric acid groups is 3. The number of methoxy groups -OCH3 is 1. The number of nitrogens with two attached hydrogens (primary N) is 1. The molecule has 1 fully saturated rings. The second-order valence-corrected chi connectivity index (χ2v) is 21.6. The van der Waals surface area contributed by atoms with E-state index in [4.69, 9.17) is 43.4 Å². The Morgan fingerprint density at radius 3 is 2.48 bits per heavy atom. The summed E-state index contributed by atoms with van der Waals surface area (Å²) < 4.78 is 77.2. The number of carboxylic acids is 1. The molecule has 3 unspecified atom stereocenters. The summed E-state index contributed by atoms with van der Waals surface area (Å²) in [5.74, 6) is 3.51. The summed E-state index contributed by atoms with van der Waals surface area (Å²) >= 11 is 0. The van der Waals surface area contributed by atoms with E-state index in [1.54, 1.807) is 0 Å². The number of hydrogen-bond donors (Lipinski definition) is 9. The van der Waals surface area contributed by atoms with Crippen LogP contribution in [0.2, 0.25) is 0 Å². The number of carbonyl (C=O) groups is 3. The highest BCUT2D eigenvalue weighted by Gasteiger charge is 2.44. The Morgan fingerprint density at radius 1 is 0.975 bits per heavy atom. The van der Waals surface area contributed by atoms with Crippen LogP contribution in [0.1, 0.15) is 63.1 Å². The zero-order chi connectivity index (χ0) is 57.8. The molecule has 4 heterocycles. The summed E-state index contributed by atoms with van der Waals surface area (Å²) in [7, 11) is -15.7. The van der Waals surface area contributed by atoms with Gasteiger partial charge in [-0.05, 0) is 66.6 Å². The molecule has 3 aromatic carbocycles. The molecule has 0 saturated carbocycles. The van der Waals surface area contributed by atoms with E-state index in [0.717, 1.165) is 6.33 Å². The summed E-state index contributed by atoms with van der Waals surface area (Å²) in [4.78, 5) is 109. The number of carbonyl (C=O) groups excluding carboxylic acids is 2. The number of benzene rings is 4. The van der Waals surface area contributed by atoms with Gasteiger partial charge in [0.15, 0.2) is 5.43 Å². The molecule has 2 aliphatic heterocycles. The van der Waals surface area contributed by atoms with Gasteiger partial charge >= 0.3 is 35.5 Å². The molecule has 2 aromatic heterocycles. The first-order valence-corrected chi connectivity index (χ1v) is 27.5. The van der Waals surface area contributed by atoms with Crippen LogP contribution in [0.3, 0.4) is 0 Å². The van der Waals surface area contributed by atoms with Crippen LogP contribution in [0.15, 0.2) is 94.5 Å². The maximum atomic E-state index is 13.7. The highest BCUT2D eigenvalue weighted by Crippen LogP contribution is 2.66. The molecule has 6 atom stereocenters. The number of aromatic nitrogens is 3. The van der Waals surface area contributed by atoms with Crippen LogP contribution >= 0.6 is 23.5 Å². The number of nitrogens with zero attached hydrogens (tertiary/aromatic N) is 4. The number of ether oxygens (including phenoxy) is 4. The molecular weight excluding hydrogens is 1120 g/mol. The number of phenolic OH excluding ortho intramolecular Hbond substituents is 1. The molecule has 5 aromatic rings. The number of anilines is 1. The van der Waals surface area contributed by atoms with Crippen molar-refractivity contribution in [3.05, 3.63) is 133 Å². The minimum absolute atomic E-state index is 0.00907. The lowest BCUT2D eigenvalue weighted by atomic mass is 9.89. The number of nitrogens with one attached hydrogen (secondary N) is 2. The fraction of sp³-hybridized carbons (Fsp3) is 0.234. The van der Waals surface area contributed by atoms with Gasteiger partial charge in [-0.25, -0.2) is 33.3 Å². The Hall–Kier alpha value is -7.97. The number of nitro benzene ring substituents is 1. The van der Waals surface area contributed by atoms with Crippen molar-refractivity contribution in [3.63, 3.8) is 0 Å². The number of aromatic hydroxyl groups is 1. The minimum atomic E-state index is -5.82. The number of hydrogen-bond acceptors (Lipinski definition) is 21. The smallest absolute Gasteiger partial charge is 0.490 e. The van der Waals surface area contributed by atoms with Crippen molar-refractivity contribution in [2.75, 3.05) is 32.8 Å². The third kappa shape index (κ3) is 13.7. The SMILES string of the molecule is COCO[C@H]1C[C@H](n2cc(C#CCNC(=O)OC(C)c3cc(CNC(=O)c4ccc(C(=O)O)c(-c5c6ccc(=O)cc-6oc6cc(O)ccc56)c4)ccc3[N+](=O)[O-])c3c(N)ncnc32)O[C@@H]1COP(=O)(O)OP(=O)(O)OP(=O)(O)O. The first-order valence-electron chi connectivity index (χ1n) is 23.0. The maximum Gasteiger partial charge on any atom is 0.490 e. The molecule has 30 nitrogen and oxygen atoms in total. The summed E-state index contributed by atoms with van der Waals surface area (Å²) in [5, 5.41) is 38.3. The van der Waals surface area contributed by atoms with Crippen LogP contribution in [-0.2, 0) is 52.3 Å². The van der Waals surface area contributed by atoms with E-state index in [9.17, 15) is 63.0 Å². The first kappa shape index (κ1) is 58.2. The third-order valence-electron chi connectivity index (χ3n) is 11.8. The normalized spacial score (nSPS) is 17.2. The standard InChI is InChI=1S/C47H44N7O23P3/c1-24(33-14-25(5-12-35(33)54(61)62)19-50-45(57)26-6-9-30(46(58)59)34(15-26)42-31-10-7-28(55)16-36(31)74-37-17-29(56)8-11-32(37)42)73-47(60)49-13-3-4-27-20-53(44-41(27)43(48)51-22-52-44)40-18-38(71-23-70-2)39(75-40)21-72-79(66,67)77-80(68,69)76-78(63,64)65/h5-12,14-17,20,22,24,38-40,55H,13,18-19,21,23H2,1-2H3,(H,49,60)(H,50,57)(H,58,59)(H,66,67)(H,68,69)(H2,48,51,52)(H2,63,64,65)/t24?,38-,39+,40+/m0/s1. The van der Waals surface area contributed by atoms with Gasteiger partial charge in [-0.15, -0.1) is 0 Å². The molecule has 420 valence electrons. The van der Waals surface area contributed by atoms with Crippen LogP contribution in [0.25, 0.3) is 44.5 Å². The van der Waals surface area contributed by atoms with E-state index in [1.807, 2.05) is 0 Å². The van der Waals surface area contributed by atoms with Gasteiger partial charge in [0.05, 0.1) is 46.3 Å². The zero-order valence-electron chi connectivity index (χ0n) is 41.3. The van der Waals surface area contributed by atoms with Crippen molar-refractivity contribution >= 4 is 74.9 Å². The van der Waals surface area contributed by atoms with E-state index in [-0.39, 0.29) is 88.1 Å². The van der Waals surface area contributed by atoms with Gasteiger partial charge < -0.3 is 74.1 Å². The largest absolute Gasteiger partial charge is 0.508 e. The van der Waals surface area contributed by atoms with Crippen LogP contribution in [0.4, 0.5) is 16.3 Å². The van der Waals surface area contributed by atoms with Crippen molar-refractivity contribution in [2.45, 2.75) is 44.4 Å². The van der Waals surface area contributed by atoms with E-state index in [1.165, 1.54) is 97.6 Å². The number of nitrogen functional groups attached to an aromatic ring is 1. The summed E-state index contributed by atoms with van der Waals surface area (Å²) in [6, 6.07) is 15.9. The van der Waals surface area contributed by atoms with Gasteiger partial charge in [0, 0.05) is 66.5 Å². The molecule has 8 rings (SSSR count). The molecule has 2 amide bonds. The Morgan fingerprint density at radius 2 is 1.75 bits per heavy atom. The van der Waals surface area contributed by atoms with Gasteiger partial charge in [0.1, 0.15) is 60.1 Å². The molecule has 80 heavy (non-hydrogen) atoms. The van der Waals surface area contributed by atoms with E-state index in [2.05, 4.69) is 41.1 Å². The summed E-state index contributed by atoms with van der Waals surface area (Å²) in [6.07, 6.45) is -2.84. The van der Waals surface area contributed by atoms with Crippen molar-refractivity contribution in [1.82, 2.24) is 25.2 Å². The Balaban J connectivity index is 0.934. The second kappa shape index (κ2) is 23.8. The number of amides is 2. The van der Waals surface area contributed by atoms with Crippen LogP contribution < -0.4 is 21.8 Å². The number of nitro groups is 1. The Labute approximate surface area is 448 Å². The fourth-order valence-electron chi connectivity index (χ4n) is 8.49. The topological polar surface area (TPSA) is 443 Å². The van der Waals surface area contributed by atoms with Crippen molar-refractivity contribution in [2.24, 2.45) is 0 Å². The number of phenols is 1. The average molecular weight is 1170 g/mol. The number of aromatic carboxylic acids is 1. The van der Waals surface area contributed by atoms with Gasteiger partial charge in [0.25, 0.3) is 11.6 Å². The number of fused-ring (bicyclic) bond motifs is 3. The Bertz CT molecular complexity index is 3840. The predicted octanol–water partition coefficient (Wildman–Crippen LogP) is 5.59. The van der Waals surface area contributed by atoms with Crippen molar-refractivity contribution < 1.29 is 99.3 Å². The van der Waals surface area contributed by atoms with E-state index >= 15 is 0 Å². The lowest BCUT2D eigenvalue weighted by Crippen LogP contribution is -2.29. The minimum Gasteiger partial charge on any atom is -0.508 e. The highest BCUT2D eigenvalue weighted by atomic mass is 31.3. The number of phosphoric ester groups is 1. The lowest BCUT2D eigenvalue weighted by Gasteiger charge is -2.21.